The summed E-state index contributed by atoms with van der Waals surface area (Å²) >= 11 is 1.75. The van der Waals surface area contributed by atoms with Gasteiger partial charge in [0, 0.05) is 18.1 Å². The third-order valence-electron chi connectivity index (χ3n) is 2.14. The molecule has 0 aromatic carbocycles. The number of hydrogen-bond acceptors (Lipinski definition) is 4. The summed E-state index contributed by atoms with van der Waals surface area (Å²) in [6, 6.07) is 6.07. The Morgan fingerprint density at radius 2 is 2.20 bits per heavy atom. The number of thiophene rings is 1. The molecule has 0 bridgehead atoms. The fourth-order valence-corrected chi connectivity index (χ4v) is 2.19. The first-order valence-electron chi connectivity index (χ1n) is 4.93. The smallest absolute Gasteiger partial charge is 0.171 e. The first-order valence-corrected chi connectivity index (χ1v) is 5.75. The predicted octanol–water partition coefficient (Wildman–Crippen LogP) is 2.81. The molecule has 0 radical (unpaired) electrons. The summed E-state index contributed by atoms with van der Waals surface area (Å²) in [4.78, 5) is 11.2. The van der Waals surface area contributed by atoms with Gasteiger partial charge in [-0.05, 0) is 24.6 Å². The zero-order valence-corrected chi connectivity index (χ0v) is 9.64. The van der Waals surface area contributed by atoms with Crippen LogP contribution in [-0.4, -0.2) is 17.0 Å². The highest BCUT2D eigenvalue weighted by Crippen LogP contribution is 2.25. The molecule has 0 aliphatic heterocycles. The van der Waals surface area contributed by atoms with Gasteiger partial charge in [0.25, 0.3) is 0 Å². The number of aromatic nitrogens is 2. The Morgan fingerprint density at radius 1 is 1.33 bits per heavy atom. The number of rotatable bonds is 3. The molecule has 2 heterocycles. The topological polar surface area (TPSA) is 37.8 Å². The van der Waals surface area contributed by atoms with E-state index in [0.717, 1.165) is 22.9 Å². The van der Waals surface area contributed by atoms with Gasteiger partial charge in [0.2, 0.25) is 0 Å². The third-order valence-corrected chi connectivity index (χ3v) is 3.37. The lowest BCUT2D eigenvalue weighted by Crippen LogP contribution is -1.94. The van der Waals surface area contributed by atoms with Crippen LogP contribution in [0.2, 0.25) is 0 Å². The molecule has 4 heteroatoms. The first-order chi connectivity index (χ1) is 7.33. The lowest BCUT2D eigenvalue weighted by Gasteiger charge is -2.00. The molecule has 2 rings (SSSR count). The molecule has 2 aromatic heterocycles. The Labute approximate surface area is 93.2 Å². The van der Waals surface area contributed by atoms with Crippen molar-refractivity contribution in [2.45, 2.75) is 13.3 Å². The molecule has 2 aromatic rings. The quantitative estimate of drug-likeness (QED) is 0.862. The highest BCUT2D eigenvalue weighted by atomic mass is 32.1. The Bertz CT molecular complexity index is 451. The Balaban J connectivity index is 2.35. The minimum atomic E-state index is 0.798. The van der Waals surface area contributed by atoms with Crippen LogP contribution in [-0.2, 0) is 6.42 Å². The molecule has 0 atom stereocenters. The van der Waals surface area contributed by atoms with Crippen molar-refractivity contribution in [1.29, 1.82) is 0 Å². The highest BCUT2D eigenvalue weighted by molar-refractivity contribution is 7.15. The van der Waals surface area contributed by atoms with Crippen LogP contribution in [0.4, 0.5) is 5.82 Å². The van der Waals surface area contributed by atoms with Gasteiger partial charge in [-0.25, -0.2) is 9.97 Å². The van der Waals surface area contributed by atoms with Crippen LogP contribution in [0.3, 0.4) is 0 Å². The average molecular weight is 219 g/mol. The maximum Gasteiger partial charge on any atom is 0.171 e. The summed E-state index contributed by atoms with van der Waals surface area (Å²) in [5.74, 6) is 1.65. The van der Waals surface area contributed by atoms with E-state index >= 15 is 0 Å². The molecule has 0 unspecified atom stereocenters. The van der Waals surface area contributed by atoms with Crippen molar-refractivity contribution >= 4 is 17.2 Å². The molecule has 0 aliphatic rings. The van der Waals surface area contributed by atoms with Crippen molar-refractivity contribution in [2.24, 2.45) is 0 Å². The second kappa shape index (κ2) is 4.40. The second-order valence-corrected chi connectivity index (χ2v) is 4.30. The normalized spacial score (nSPS) is 10.3. The van der Waals surface area contributed by atoms with E-state index in [-0.39, 0.29) is 0 Å². The van der Waals surface area contributed by atoms with E-state index in [9.17, 15) is 0 Å². The van der Waals surface area contributed by atoms with Crippen LogP contribution in [0.15, 0.2) is 24.4 Å². The average Bonchev–Trinajstić information content (AvgIpc) is 2.78. The summed E-state index contributed by atoms with van der Waals surface area (Å²) in [7, 11) is 1.86. The Kier molecular flexibility index (Phi) is 2.97. The minimum absolute atomic E-state index is 0.798. The molecular weight excluding hydrogens is 206 g/mol. The van der Waals surface area contributed by atoms with Gasteiger partial charge < -0.3 is 5.32 Å². The van der Waals surface area contributed by atoms with Crippen LogP contribution < -0.4 is 5.32 Å². The summed E-state index contributed by atoms with van der Waals surface area (Å²) < 4.78 is 0. The van der Waals surface area contributed by atoms with Gasteiger partial charge in [0.15, 0.2) is 5.82 Å². The van der Waals surface area contributed by atoms with E-state index in [4.69, 9.17) is 0 Å². The van der Waals surface area contributed by atoms with Gasteiger partial charge in [-0.2, -0.15) is 0 Å². The van der Waals surface area contributed by atoms with E-state index in [0.29, 0.717) is 0 Å². The molecule has 0 fully saturated rings. The minimum Gasteiger partial charge on any atom is -0.373 e. The summed E-state index contributed by atoms with van der Waals surface area (Å²) in [5.41, 5.74) is 0. The van der Waals surface area contributed by atoms with E-state index in [1.54, 1.807) is 17.5 Å². The lowest BCUT2D eigenvalue weighted by molar-refractivity contribution is 1.18. The number of nitrogens with zero attached hydrogens (tertiary/aromatic N) is 2. The third kappa shape index (κ3) is 2.15. The van der Waals surface area contributed by atoms with E-state index in [1.807, 2.05) is 13.1 Å². The fraction of sp³-hybridized carbons (Fsp3) is 0.273. The zero-order chi connectivity index (χ0) is 10.7. The summed E-state index contributed by atoms with van der Waals surface area (Å²) in [6.07, 6.45) is 2.84. The van der Waals surface area contributed by atoms with Gasteiger partial charge in [0.1, 0.15) is 5.82 Å². The Morgan fingerprint density at radius 3 is 2.87 bits per heavy atom. The van der Waals surface area contributed by atoms with Crippen molar-refractivity contribution in [2.75, 3.05) is 12.4 Å². The van der Waals surface area contributed by atoms with Crippen LogP contribution >= 0.6 is 11.3 Å². The van der Waals surface area contributed by atoms with Gasteiger partial charge in [-0.3, -0.25) is 0 Å². The molecule has 0 spiro atoms. The number of nitrogens with one attached hydrogen (secondary N) is 1. The first kappa shape index (κ1) is 10.1. The molecule has 0 saturated carbocycles. The van der Waals surface area contributed by atoms with Gasteiger partial charge in [-0.15, -0.1) is 11.3 Å². The predicted molar refractivity (Wildman–Crippen MR) is 64.3 cm³/mol. The summed E-state index contributed by atoms with van der Waals surface area (Å²) in [5, 5.41) is 3.01. The molecule has 0 aliphatic carbocycles. The molecular formula is C11H13N3S. The summed E-state index contributed by atoms with van der Waals surface area (Å²) in [6.45, 7) is 2.15. The van der Waals surface area contributed by atoms with Gasteiger partial charge >= 0.3 is 0 Å². The second-order valence-electron chi connectivity index (χ2n) is 3.14. The van der Waals surface area contributed by atoms with Crippen molar-refractivity contribution in [1.82, 2.24) is 9.97 Å². The number of hydrogen-bond donors (Lipinski definition) is 1. The molecule has 78 valence electrons. The van der Waals surface area contributed by atoms with Crippen LogP contribution in [0, 0.1) is 0 Å². The van der Waals surface area contributed by atoms with E-state index in [1.165, 1.54) is 4.88 Å². The van der Waals surface area contributed by atoms with Crippen molar-refractivity contribution in [3.05, 3.63) is 29.3 Å². The Hall–Kier alpha value is -1.42. The largest absolute Gasteiger partial charge is 0.373 e. The maximum atomic E-state index is 4.40. The molecule has 3 nitrogen and oxygen atoms in total. The van der Waals surface area contributed by atoms with Crippen molar-refractivity contribution in [3.8, 4) is 10.7 Å². The molecule has 0 saturated heterocycles. The molecule has 15 heavy (non-hydrogen) atoms. The van der Waals surface area contributed by atoms with E-state index in [2.05, 4.69) is 34.3 Å². The van der Waals surface area contributed by atoms with E-state index < -0.39 is 0 Å². The molecule has 0 amide bonds. The van der Waals surface area contributed by atoms with Crippen LogP contribution in [0.1, 0.15) is 11.8 Å². The zero-order valence-electron chi connectivity index (χ0n) is 8.82. The van der Waals surface area contributed by atoms with Gasteiger partial charge in [-0.1, -0.05) is 6.92 Å². The van der Waals surface area contributed by atoms with Crippen LogP contribution in [0.25, 0.3) is 10.7 Å². The maximum absolute atomic E-state index is 4.40. The SMILES string of the molecule is CCc1ccc(-c2nccc(NC)n2)s1. The fourth-order valence-electron chi connectivity index (χ4n) is 1.30. The number of anilines is 1. The monoisotopic (exact) mass is 219 g/mol. The standard InChI is InChI=1S/C11H13N3S/c1-3-8-4-5-9(15-8)11-13-7-6-10(12-2)14-11/h4-7H,3H2,1-2H3,(H,12,13,14). The van der Waals surface area contributed by atoms with Crippen LogP contribution in [0.5, 0.6) is 0 Å². The highest BCUT2D eigenvalue weighted by Gasteiger charge is 2.04. The van der Waals surface area contributed by atoms with Crippen molar-refractivity contribution in [3.63, 3.8) is 0 Å². The van der Waals surface area contributed by atoms with Crippen molar-refractivity contribution < 1.29 is 0 Å². The molecule has 1 N–H and O–H groups in total. The number of aryl methyl sites for hydroxylation is 1. The van der Waals surface area contributed by atoms with Gasteiger partial charge in [0.05, 0.1) is 4.88 Å². The lowest BCUT2D eigenvalue weighted by atomic mass is 10.3.